The third-order valence-corrected chi connectivity index (χ3v) is 2.54. The summed E-state index contributed by atoms with van der Waals surface area (Å²) in [5.41, 5.74) is -2.03. The van der Waals surface area contributed by atoms with E-state index in [1.165, 1.54) is 0 Å². The van der Waals surface area contributed by atoms with Crippen molar-refractivity contribution >= 4 is 0 Å². The molecule has 0 bridgehead atoms. The molecule has 6 heteroatoms. The fraction of sp³-hybridized carbons (Fsp3) is 1.00. The summed E-state index contributed by atoms with van der Waals surface area (Å²) in [7, 11) is 0. The second-order valence-corrected chi connectivity index (χ2v) is 3.59. The van der Waals surface area contributed by atoms with Gasteiger partial charge in [0.2, 0.25) is 0 Å². The quantitative estimate of drug-likeness (QED) is 0.238. The fourth-order valence-corrected chi connectivity index (χ4v) is 1.44. The maximum absolute atomic E-state index is 9.44. The number of aliphatic hydroxyl groups is 6. The minimum Gasteiger partial charge on any atom is -0.387 e. The van der Waals surface area contributed by atoms with E-state index in [1.807, 2.05) is 0 Å². The van der Waals surface area contributed by atoms with Crippen LogP contribution in [0.25, 0.3) is 0 Å². The van der Waals surface area contributed by atoms with Crippen LogP contribution in [-0.2, 0) is 0 Å². The molecule has 0 aromatic rings. The van der Waals surface area contributed by atoms with Gasteiger partial charge in [0.25, 0.3) is 0 Å². The van der Waals surface area contributed by atoms with Gasteiger partial charge in [-0.1, -0.05) is 0 Å². The summed E-state index contributed by atoms with van der Waals surface area (Å²) in [5, 5.41) is 55.3. The van der Waals surface area contributed by atoms with Crippen molar-refractivity contribution in [3.8, 4) is 0 Å². The Morgan fingerprint density at radius 1 is 0.769 bits per heavy atom. The van der Waals surface area contributed by atoms with E-state index in [4.69, 9.17) is 15.3 Å². The SMILES string of the molecule is C[C@@]1(O)[C@@H](O)[C@H](O)[C@@H](O)[C@H](O)[C@@H]1O. The number of hydrogen-bond acceptors (Lipinski definition) is 6. The standard InChI is InChI=1S/C7H14O6/c1-7(13)5(11)3(9)2(8)4(10)6(7)12/h2-6,8-13H,1H3/t2-,3-,4+,5-,6-,7-/m0/s1. The molecule has 0 aromatic heterocycles. The zero-order valence-corrected chi connectivity index (χ0v) is 7.07. The van der Waals surface area contributed by atoms with E-state index < -0.39 is 36.1 Å². The Labute approximate surface area is 74.7 Å². The van der Waals surface area contributed by atoms with E-state index in [0.717, 1.165) is 6.92 Å². The van der Waals surface area contributed by atoms with Gasteiger partial charge >= 0.3 is 0 Å². The van der Waals surface area contributed by atoms with E-state index >= 15 is 0 Å². The van der Waals surface area contributed by atoms with E-state index in [-0.39, 0.29) is 0 Å². The Kier molecular flexibility index (Phi) is 2.63. The maximum atomic E-state index is 9.44. The molecule has 1 aliphatic carbocycles. The number of hydrogen-bond donors (Lipinski definition) is 6. The highest BCUT2D eigenvalue weighted by molar-refractivity contribution is 5.05. The molecular weight excluding hydrogens is 180 g/mol. The van der Waals surface area contributed by atoms with Crippen molar-refractivity contribution in [1.82, 2.24) is 0 Å². The van der Waals surface area contributed by atoms with Gasteiger partial charge in [0, 0.05) is 0 Å². The first kappa shape index (κ1) is 10.8. The van der Waals surface area contributed by atoms with Gasteiger partial charge in [-0.2, -0.15) is 0 Å². The molecule has 1 fully saturated rings. The summed E-state index contributed by atoms with van der Waals surface area (Å²) < 4.78 is 0. The molecule has 0 unspecified atom stereocenters. The third-order valence-electron chi connectivity index (χ3n) is 2.54. The normalized spacial score (nSPS) is 57.9. The van der Waals surface area contributed by atoms with Crippen LogP contribution >= 0.6 is 0 Å². The Hall–Kier alpha value is -0.240. The Morgan fingerprint density at radius 2 is 1.08 bits per heavy atom. The summed E-state index contributed by atoms with van der Waals surface area (Å²) in [5.74, 6) is 0. The Bertz CT molecular complexity index is 175. The van der Waals surface area contributed by atoms with Crippen molar-refractivity contribution in [2.75, 3.05) is 0 Å². The minimum absolute atomic E-state index is 1.07. The highest BCUT2D eigenvalue weighted by atomic mass is 16.4. The fourth-order valence-electron chi connectivity index (χ4n) is 1.44. The van der Waals surface area contributed by atoms with Gasteiger partial charge in [0.1, 0.15) is 36.1 Å². The lowest BCUT2D eigenvalue weighted by Crippen LogP contribution is -2.69. The van der Waals surface area contributed by atoms with Crippen LogP contribution in [0.2, 0.25) is 0 Å². The molecule has 0 aromatic carbocycles. The molecule has 0 aliphatic heterocycles. The van der Waals surface area contributed by atoms with Crippen LogP contribution in [-0.4, -0.2) is 66.8 Å². The molecular formula is C7H14O6. The molecule has 0 amide bonds. The van der Waals surface area contributed by atoms with Gasteiger partial charge in [-0.25, -0.2) is 0 Å². The van der Waals surface area contributed by atoms with Gasteiger partial charge in [0.05, 0.1) is 0 Å². The van der Waals surface area contributed by atoms with Crippen molar-refractivity contribution in [2.24, 2.45) is 0 Å². The van der Waals surface area contributed by atoms with Crippen LogP contribution in [0.1, 0.15) is 6.92 Å². The highest BCUT2D eigenvalue weighted by Crippen LogP contribution is 2.29. The monoisotopic (exact) mass is 194 g/mol. The highest BCUT2D eigenvalue weighted by Gasteiger charge is 2.54. The molecule has 6 atom stereocenters. The minimum atomic E-state index is -2.03. The first-order chi connectivity index (χ1) is 5.80. The molecule has 0 radical (unpaired) electrons. The summed E-state index contributed by atoms with van der Waals surface area (Å²) in [6.07, 6.45) is -8.39. The third kappa shape index (κ3) is 1.45. The topological polar surface area (TPSA) is 121 Å². The van der Waals surface area contributed by atoms with Crippen LogP contribution in [0.4, 0.5) is 0 Å². The van der Waals surface area contributed by atoms with Gasteiger partial charge in [-0.05, 0) is 6.92 Å². The molecule has 1 rings (SSSR count). The predicted molar refractivity (Wildman–Crippen MR) is 40.7 cm³/mol. The molecule has 6 nitrogen and oxygen atoms in total. The van der Waals surface area contributed by atoms with Crippen LogP contribution in [0.5, 0.6) is 0 Å². The van der Waals surface area contributed by atoms with Crippen LogP contribution in [0.15, 0.2) is 0 Å². The van der Waals surface area contributed by atoms with Crippen molar-refractivity contribution in [3.05, 3.63) is 0 Å². The second-order valence-electron chi connectivity index (χ2n) is 3.59. The molecule has 6 N–H and O–H groups in total. The summed E-state index contributed by atoms with van der Waals surface area (Å²) >= 11 is 0. The molecule has 1 saturated carbocycles. The molecule has 0 spiro atoms. The summed E-state index contributed by atoms with van der Waals surface area (Å²) in [6, 6.07) is 0. The first-order valence-corrected chi connectivity index (χ1v) is 3.93. The summed E-state index contributed by atoms with van der Waals surface area (Å²) in [4.78, 5) is 0. The molecule has 78 valence electrons. The lowest BCUT2D eigenvalue weighted by Gasteiger charge is -2.45. The predicted octanol–water partition coefficient (Wildman–Crippen LogP) is -3.44. The van der Waals surface area contributed by atoms with E-state index in [1.54, 1.807) is 0 Å². The average molecular weight is 194 g/mol. The van der Waals surface area contributed by atoms with Crippen molar-refractivity contribution in [3.63, 3.8) is 0 Å². The van der Waals surface area contributed by atoms with E-state index in [9.17, 15) is 15.3 Å². The van der Waals surface area contributed by atoms with Gasteiger partial charge in [0.15, 0.2) is 0 Å². The molecule has 1 aliphatic rings. The Morgan fingerprint density at radius 3 is 1.38 bits per heavy atom. The van der Waals surface area contributed by atoms with E-state index in [2.05, 4.69) is 0 Å². The zero-order valence-electron chi connectivity index (χ0n) is 7.07. The Balaban J connectivity index is 2.93. The van der Waals surface area contributed by atoms with Crippen molar-refractivity contribution < 1.29 is 30.6 Å². The molecule has 0 heterocycles. The number of rotatable bonds is 0. The van der Waals surface area contributed by atoms with Crippen LogP contribution < -0.4 is 0 Å². The van der Waals surface area contributed by atoms with Crippen molar-refractivity contribution in [1.29, 1.82) is 0 Å². The zero-order chi connectivity index (χ0) is 10.4. The van der Waals surface area contributed by atoms with Gasteiger partial charge in [-0.15, -0.1) is 0 Å². The van der Waals surface area contributed by atoms with Crippen LogP contribution in [0, 0.1) is 0 Å². The van der Waals surface area contributed by atoms with Crippen molar-refractivity contribution in [2.45, 2.75) is 43.0 Å². The second kappa shape index (κ2) is 3.16. The number of aliphatic hydroxyl groups excluding tert-OH is 5. The van der Waals surface area contributed by atoms with Crippen LogP contribution in [0.3, 0.4) is 0 Å². The smallest absolute Gasteiger partial charge is 0.119 e. The average Bonchev–Trinajstić information content (AvgIpc) is 2.09. The molecule has 13 heavy (non-hydrogen) atoms. The first-order valence-electron chi connectivity index (χ1n) is 3.93. The van der Waals surface area contributed by atoms with Gasteiger partial charge < -0.3 is 30.6 Å². The van der Waals surface area contributed by atoms with E-state index in [0.29, 0.717) is 0 Å². The summed E-state index contributed by atoms with van der Waals surface area (Å²) in [6.45, 7) is 1.07. The maximum Gasteiger partial charge on any atom is 0.119 e. The van der Waals surface area contributed by atoms with Gasteiger partial charge in [-0.3, -0.25) is 0 Å². The molecule has 0 saturated heterocycles. The largest absolute Gasteiger partial charge is 0.387 e. The lowest BCUT2D eigenvalue weighted by atomic mass is 9.76. The lowest BCUT2D eigenvalue weighted by molar-refractivity contribution is -0.261.